The zero-order chi connectivity index (χ0) is 20.2. The summed E-state index contributed by atoms with van der Waals surface area (Å²) in [6.45, 7) is -0.650. The van der Waals surface area contributed by atoms with Crippen LogP contribution in [0.3, 0.4) is 0 Å². The molecule has 1 N–H and O–H groups in total. The Balaban J connectivity index is 1.28. The van der Waals surface area contributed by atoms with Crippen molar-refractivity contribution in [3.05, 3.63) is 71.8 Å². The van der Waals surface area contributed by atoms with Gasteiger partial charge < -0.3 is 19.5 Å². The molecule has 0 saturated carbocycles. The Hall–Kier alpha value is -3.87. The molecule has 4 rings (SSSR count). The summed E-state index contributed by atoms with van der Waals surface area (Å²) < 4.78 is 15.4. The normalized spacial score (nSPS) is 11.9. The van der Waals surface area contributed by atoms with Crippen LogP contribution in [0.4, 0.5) is 0 Å². The Labute approximate surface area is 166 Å². The van der Waals surface area contributed by atoms with E-state index in [2.05, 4.69) is 5.32 Å². The molecule has 1 aliphatic rings. The minimum absolute atomic E-state index is 0.110. The molecule has 0 radical (unpaired) electrons. The van der Waals surface area contributed by atoms with Crippen LogP contribution in [-0.4, -0.2) is 37.6 Å². The van der Waals surface area contributed by atoms with Crippen LogP contribution in [0.2, 0.25) is 0 Å². The molecule has 0 bridgehead atoms. The van der Waals surface area contributed by atoms with Gasteiger partial charge in [0.15, 0.2) is 23.9 Å². The quantitative estimate of drug-likeness (QED) is 0.513. The Morgan fingerprint density at radius 1 is 0.862 bits per heavy atom. The Bertz CT molecular complexity index is 1110. The van der Waals surface area contributed by atoms with Crippen molar-refractivity contribution in [2.75, 3.05) is 19.9 Å². The molecule has 0 fully saturated rings. The minimum atomic E-state index is -0.701. The van der Waals surface area contributed by atoms with E-state index in [1.165, 1.54) is 0 Å². The van der Waals surface area contributed by atoms with Gasteiger partial charge in [-0.25, -0.2) is 0 Å². The monoisotopic (exact) mass is 391 g/mol. The molecule has 0 atom stereocenters. The largest absolute Gasteiger partial charge is 0.456 e. The third-order valence-electron chi connectivity index (χ3n) is 4.46. The molecular formula is C22H17NO6. The zero-order valence-corrected chi connectivity index (χ0v) is 15.3. The van der Waals surface area contributed by atoms with Gasteiger partial charge >= 0.3 is 5.97 Å². The number of ether oxygens (including phenoxy) is 3. The molecule has 7 nitrogen and oxygen atoms in total. The van der Waals surface area contributed by atoms with Crippen molar-refractivity contribution in [1.82, 2.24) is 5.32 Å². The van der Waals surface area contributed by atoms with Crippen molar-refractivity contribution in [3.8, 4) is 11.5 Å². The van der Waals surface area contributed by atoms with Crippen LogP contribution < -0.4 is 14.8 Å². The number of hydrogen-bond donors (Lipinski definition) is 1. The van der Waals surface area contributed by atoms with Crippen molar-refractivity contribution in [1.29, 1.82) is 0 Å². The first kappa shape index (κ1) is 18.5. The first-order valence-corrected chi connectivity index (χ1v) is 8.95. The third kappa shape index (κ3) is 4.19. The fourth-order valence-corrected chi connectivity index (χ4v) is 2.94. The second kappa shape index (κ2) is 8.02. The van der Waals surface area contributed by atoms with Crippen molar-refractivity contribution in [2.45, 2.75) is 0 Å². The van der Waals surface area contributed by atoms with E-state index in [0.717, 1.165) is 10.8 Å². The first-order valence-electron chi connectivity index (χ1n) is 8.95. The van der Waals surface area contributed by atoms with Crippen LogP contribution in [0.1, 0.15) is 20.7 Å². The van der Waals surface area contributed by atoms with E-state index in [0.29, 0.717) is 22.6 Å². The Morgan fingerprint density at radius 2 is 1.62 bits per heavy atom. The molecule has 0 saturated heterocycles. The second-order valence-corrected chi connectivity index (χ2v) is 6.40. The summed E-state index contributed by atoms with van der Waals surface area (Å²) in [7, 11) is 0. The van der Waals surface area contributed by atoms with Gasteiger partial charge in [0.1, 0.15) is 6.54 Å². The van der Waals surface area contributed by atoms with Crippen LogP contribution in [0, 0.1) is 0 Å². The molecule has 0 unspecified atom stereocenters. The highest BCUT2D eigenvalue weighted by Gasteiger charge is 2.17. The van der Waals surface area contributed by atoms with E-state index in [1.807, 2.05) is 30.3 Å². The fourth-order valence-electron chi connectivity index (χ4n) is 2.94. The van der Waals surface area contributed by atoms with Gasteiger partial charge in [-0.05, 0) is 41.1 Å². The van der Waals surface area contributed by atoms with Crippen LogP contribution in [0.5, 0.6) is 11.5 Å². The minimum Gasteiger partial charge on any atom is -0.456 e. The summed E-state index contributed by atoms with van der Waals surface area (Å²) >= 11 is 0. The van der Waals surface area contributed by atoms with Crippen molar-refractivity contribution in [3.63, 3.8) is 0 Å². The first-order chi connectivity index (χ1) is 14.1. The molecule has 0 aliphatic carbocycles. The number of benzene rings is 3. The molecule has 146 valence electrons. The van der Waals surface area contributed by atoms with E-state index in [9.17, 15) is 14.4 Å². The predicted molar refractivity (Wildman–Crippen MR) is 104 cm³/mol. The van der Waals surface area contributed by atoms with Gasteiger partial charge in [-0.3, -0.25) is 14.4 Å². The van der Waals surface area contributed by atoms with Gasteiger partial charge in [-0.15, -0.1) is 0 Å². The Morgan fingerprint density at radius 3 is 2.48 bits per heavy atom. The number of nitrogens with one attached hydrogen (secondary N) is 1. The number of hydrogen-bond acceptors (Lipinski definition) is 6. The highest BCUT2D eigenvalue weighted by atomic mass is 16.7. The molecule has 1 aliphatic heterocycles. The van der Waals surface area contributed by atoms with Gasteiger partial charge in [0.05, 0.1) is 0 Å². The fraction of sp³-hybridized carbons (Fsp3) is 0.136. The van der Waals surface area contributed by atoms with Crippen LogP contribution in [-0.2, 0) is 9.53 Å². The van der Waals surface area contributed by atoms with Crippen molar-refractivity contribution in [2.24, 2.45) is 0 Å². The summed E-state index contributed by atoms with van der Waals surface area (Å²) in [6.07, 6.45) is 0. The molecular weight excluding hydrogens is 374 g/mol. The predicted octanol–water partition coefficient (Wildman–Crippen LogP) is 2.72. The smallest absolute Gasteiger partial charge is 0.325 e. The average molecular weight is 391 g/mol. The molecule has 3 aromatic carbocycles. The number of carbonyl (C=O) groups is 3. The molecule has 1 heterocycles. The van der Waals surface area contributed by atoms with E-state index >= 15 is 0 Å². The number of amides is 1. The molecule has 7 heteroatoms. The van der Waals surface area contributed by atoms with E-state index in [4.69, 9.17) is 14.2 Å². The lowest BCUT2D eigenvalue weighted by molar-refractivity contribution is -0.141. The van der Waals surface area contributed by atoms with Crippen molar-refractivity contribution >= 4 is 28.4 Å². The lowest BCUT2D eigenvalue weighted by Gasteiger charge is -2.07. The number of ketones is 1. The van der Waals surface area contributed by atoms with E-state index < -0.39 is 18.5 Å². The number of fused-ring (bicyclic) bond motifs is 2. The van der Waals surface area contributed by atoms with E-state index in [1.54, 1.807) is 30.3 Å². The standard InChI is InChI=1S/C22H17NO6/c24-18(16-7-8-19-20(10-16)29-13-28-19)12-27-21(25)11-23-22(26)17-6-5-14-3-1-2-4-15(14)9-17/h1-10H,11-13H2,(H,23,26). The summed E-state index contributed by atoms with van der Waals surface area (Å²) in [4.78, 5) is 36.3. The number of rotatable bonds is 6. The third-order valence-corrected chi connectivity index (χ3v) is 4.46. The second-order valence-electron chi connectivity index (χ2n) is 6.40. The number of carbonyl (C=O) groups excluding carboxylic acids is 3. The lowest BCUT2D eigenvalue weighted by Crippen LogP contribution is -2.31. The maximum atomic E-state index is 12.2. The van der Waals surface area contributed by atoms with Crippen LogP contribution in [0.25, 0.3) is 10.8 Å². The summed E-state index contributed by atoms with van der Waals surface area (Å²) in [6, 6.07) is 17.7. The van der Waals surface area contributed by atoms with Gasteiger partial charge in [-0.2, -0.15) is 0 Å². The molecule has 3 aromatic rings. The average Bonchev–Trinajstić information content (AvgIpc) is 3.23. The summed E-state index contributed by atoms with van der Waals surface area (Å²) in [5.41, 5.74) is 0.787. The van der Waals surface area contributed by atoms with Gasteiger partial charge in [-0.1, -0.05) is 30.3 Å². The lowest BCUT2D eigenvalue weighted by atomic mass is 10.1. The van der Waals surface area contributed by atoms with Gasteiger partial charge in [0.2, 0.25) is 6.79 Å². The molecule has 1 amide bonds. The molecule has 29 heavy (non-hydrogen) atoms. The van der Waals surface area contributed by atoms with Gasteiger partial charge in [0, 0.05) is 11.1 Å². The highest BCUT2D eigenvalue weighted by Crippen LogP contribution is 2.32. The SMILES string of the molecule is O=C(CNC(=O)c1ccc2ccccc2c1)OCC(=O)c1ccc2c(c1)OCO2. The molecule has 0 aromatic heterocycles. The number of Topliss-reactive ketones (excluding diaryl/α,β-unsaturated/α-hetero) is 1. The summed E-state index contributed by atoms with van der Waals surface area (Å²) in [5.74, 6) is -0.430. The topological polar surface area (TPSA) is 90.9 Å². The Kier molecular flexibility index (Phi) is 5.11. The van der Waals surface area contributed by atoms with Crippen molar-refractivity contribution < 1.29 is 28.6 Å². The number of esters is 1. The molecule has 0 spiro atoms. The van der Waals surface area contributed by atoms with E-state index in [-0.39, 0.29) is 19.1 Å². The maximum absolute atomic E-state index is 12.2. The highest BCUT2D eigenvalue weighted by molar-refractivity contribution is 6.00. The van der Waals surface area contributed by atoms with Gasteiger partial charge in [0.25, 0.3) is 5.91 Å². The summed E-state index contributed by atoms with van der Waals surface area (Å²) in [5, 5.41) is 4.45. The van der Waals surface area contributed by atoms with Crippen LogP contribution in [0.15, 0.2) is 60.7 Å². The zero-order valence-electron chi connectivity index (χ0n) is 15.3. The van der Waals surface area contributed by atoms with Crippen LogP contribution >= 0.6 is 0 Å². The maximum Gasteiger partial charge on any atom is 0.325 e.